The first kappa shape index (κ1) is 29.2. The van der Waals surface area contributed by atoms with Crippen LogP contribution in [0.25, 0.3) is 10.9 Å². The molecule has 0 fully saturated rings. The SMILES string of the molecule is CCOC(=O)C(C)(C)Cc1c(SC(C)(C)C)c2cc(OCc3ccccn3)ccc2n1Cc1ccc(Br)cc1. The Balaban J connectivity index is 1.85. The van der Waals surface area contributed by atoms with Crippen molar-refractivity contribution in [3.63, 3.8) is 0 Å². The van der Waals surface area contributed by atoms with Gasteiger partial charge in [0.05, 0.1) is 17.7 Å². The molecular formula is C32H37BrN2O3S. The first-order valence-electron chi connectivity index (χ1n) is 13.3. The number of hydrogen-bond donors (Lipinski definition) is 0. The number of ether oxygens (including phenoxy) is 2. The van der Waals surface area contributed by atoms with Gasteiger partial charge in [0, 0.05) is 49.9 Å². The molecule has 5 nitrogen and oxygen atoms in total. The number of pyridine rings is 1. The summed E-state index contributed by atoms with van der Waals surface area (Å²) in [6.45, 7) is 13.9. The lowest BCUT2D eigenvalue weighted by Gasteiger charge is -2.26. The minimum absolute atomic E-state index is 0.0373. The summed E-state index contributed by atoms with van der Waals surface area (Å²) in [6, 6.07) is 20.5. The summed E-state index contributed by atoms with van der Waals surface area (Å²) in [5.41, 5.74) is 3.63. The van der Waals surface area contributed by atoms with Crippen molar-refractivity contribution in [1.29, 1.82) is 0 Å². The smallest absolute Gasteiger partial charge is 0.311 e. The van der Waals surface area contributed by atoms with E-state index in [2.05, 4.69) is 82.7 Å². The zero-order chi connectivity index (χ0) is 28.2. The Kier molecular flexibility index (Phi) is 9.12. The third kappa shape index (κ3) is 7.46. The second-order valence-corrected chi connectivity index (χ2v) is 14.0. The number of thioether (sulfide) groups is 1. The van der Waals surface area contributed by atoms with E-state index in [4.69, 9.17) is 9.47 Å². The highest BCUT2D eigenvalue weighted by Gasteiger charge is 2.34. The van der Waals surface area contributed by atoms with Crippen molar-refractivity contribution in [2.75, 3.05) is 6.61 Å². The Bertz CT molecular complexity index is 1420. The summed E-state index contributed by atoms with van der Waals surface area (Å²) in [6.07, 6.45) is 2.33. The molecule has 0 aliphatic rings. The number of rotatable bonds is 10. The lowest BCUT2D eigenvalue weighted by atomic mass is 9.87. The molecule has 39 heavy (non-hydrogen) atoms. The highest BCUT2D eigenvalue weighted by atomic mass is 79.9. The predicted molar refractivity (Wildman–Crippen MR) is 163 cm³/mol. The van der Waals surface area contributed by atoms with E-state index in [1.54, 1.807) is 6.20 Å². The average Bonchev–Trinajstić information content (AvgIpc) is 3.14. The zero-order valence-corrected chi connectivity index (χ0v) is 26.0. The normalized spacial score (nSPS) is 12.1. The maximum absolute atomic E-state index is 13.0. The Hall–Kier alpha value is -2.77. The first-order valence-corrected chi connectivity index (χ1v) is 14.9. The van der Waals surface area contributed by atoms with E-state index in [0.29, 0.717) is 26.2 Å². The van der Waals surface area contributed by atoms with Crippen LogP contribution in [0.2, 0.25) is 0 Å². The van der Waals surface area contributed by atoms with Gasteiger partial charge in [-0.15, -0.1) is 11.8 Å². The standard InChI is InChI=1S/C32H37BrN2O3S/c1-7-37-30(36)32(5,6)19-28-29(39-31(2,3)4)26-18-25(38-21-24-10-8-9-17-34-24)15-16-27(26)35(28)20-22-11-13-23(33)14-12-22/h8-18H,7,19-21H2,1-6H3. The van der Waals surface area contributed by atoms with Crippen molar-refractivity contribution in [2.45, 2.75) is 70.8 Å². The van der Waals surface area contributed by atoms with Crippen molar-refractivity contribution in [2.24, 2.45) is 5.41 Å². The van der Waals surface area contributed by atoms with Crippen molar-refractivity contribution < 1.29 is 14.3 Å². The fourth-order valence-corrected chi connectivity index (χ4v) is 5.90. The van der Waals surface area contributed by atoms with Crippen LogP contribution in [0.3, 0.4) is 0 Å². The van der Waals surface area contributed by atoms with E-state index in [1.165, 1.54) is 10.5 Å². The van der Waals surface area contributed by atoms with Gasteiger partial charge in [-0.2, -0.15) is 0 Å². The van der Waals surface area contributed by atoms with Gasteiger partial charge in [-0.1, -0.05) is 54.9 Å². The highest BCUT2D eigenvalue weighted by molar-refractivity contribution is 9.10. The molecule has 0 amide bonds. The van der Waals surface area contributed by atoms with Crippen LogP contribution in [0.4, 0.5) is 0 Å². The van der Waals surface area contributed by atoms with Gasteiger partial charge < -0.3 is 14.0 Å². The fraction of sp³-hybridized carbons (Fsp3) is 0.375. The lowest BCUT2D eigenvalue weighted by molar-refractivity contribution is -0.153. The number of esters is 1. The topological polar surface area (TPSA) is 53.4 Å². The van der Waals surface area contributed by atoms with E-state index >= 15 is 0 Å². The van der Waals surface area contributed by atoms with Crippen molar-refractivity contribution in [3.8, 4) is 5.75 Å². The van der Waals surface area contributed by atoms with E-state index in [1.807, 2.05) is 56.8 Å². The number of benzene rings is 2. The number of nitrogens with zero attached hydrogens (tertiary/aromatic N) is 2. The Morgan fingerprint density at radius 1 is 1.03 bits per heavy atom. The molecule has 0 saturated heterocycles. The van der Waals surface area contributed by atoms with Crippen molar-refractivity contribution in [3.05, 3.63) is 88.3 Å². The van der Waals surface area contributed by atoms with Crippen LogP contribution in [-0.2, 0) is 29.1 Å². The fourth-order valence-electron chi connectivity index (χ4n) is 4.45. The molecule has 0 N–H and O–H groups in total. The third-order valence-corrected chi connectivity index (χ3v) is 8.10. The summed E-state index contributed by atoms with van der Waals surface area (Å²) in [7, 11) is 0. The summed E-state index contributed by atoms with van der Waals surface area (Å²) in [5.74, 6) is 0.609. The quantitative estimate of drug-likeness (QED) is 0.133. The highest BCUT2D eigenvalue weighted by Crippen LogP contribution is 2.44. The largest absolute Gasteiger partial charge is 0.487 e. The van der Waals surface area contributed by atoms with Crippen LogP contribution in [0.1, 0.15) is 58.5 Å². The number of carbonyl (C=O) groups is 1. The van der Waals surface area contributed by atoms with Crippen LogP contribution in [0.5, 0.6) is 5.75 Å². The van der Waals surface area contributed by atoms with Crippen LogP contribution in [0, 0.1) is 5.41 Å². The molecule has 206 valence electrons. The molecule has 7 heteroatoms. The van der Waals surface area contributed by atoms with E-state index in [9.17, 15) is 4.79 Å². The maximum atomic E-state index is 13.0. The number of halogens is 1. The molecule has 2 aromatic heterocycles. The molecule has 0 aliphatic heterocycles. The van der Waals surface area contributed by atoms with Crippen LogP contribution >= 0.6 is 27.7 Å². The minimum atomic E-state index is -0.687. The summed E-state index contributed by atoms with van der Waals surface area (Å²) < 4.78 is 15.0. The van der Waals surface area contributed by atoms with Gasteiger partial charge in [-0.25, -0.2) is 0 Å². The summed E-state index contributed by atoms with van der Waals surface area (Å²) in [4.78, 5) is 18.6. The molecule has 0 radical (unpaired) electrons. The van der Waals surface area contributed by atoms with Gasteiger partial charge in [-0.05, 0) is 68.8 Å². The Morgan fingerprint density at radius 2 is 1.77 bits per heavy atom. The number of carbonyl (C=O) groups excluding carboxylic acids is 1. The van der Waals surface area contributed by atoms with Gasteiger partial charge >= 0.3 is 5.97 Å². The Labute approximate surface area is 244 Å². The lowest BCUT2D eigenvalue weighted by Crippen LogP contribution is -2.30. The van der Waals surface area contributed by atoms with E-state index in [0.717, 1.165) is 32.5 Å². The van der Waals surface area contributed by atoms with E-state index < -0.39 is 5.41 Å². The van der Waals surface area contributed by atoms with Gasteiger partial charge in [0.25, 0.3) is 0 Å². The number of hydrogen-bond acceptors (Lipinski definition) is 5. The van der Waals surface area contributed by atoms with Gasteiger partial charge in [0.2, 0.25) is 0 Å². The molecule has 4 aromatic rings. The molecule has 2 heterocycles. The average molecular weight is 610 g/mol. The molecule has 0 aliphatic carbocycles. The monoisotopic (exact) mass is 608 g/mol. The first-order chi connectivity index (χ1) is 18.5. The Morgan fingerprint density at radius 3 is 2.41 bits per heavy atom. The zero-order valence-electron chi connectivity index (χ0n) is 23.6. The molecular weight excluding hydrogens is 572 g/mol. The van der Waals surface area contributed by atoms with Crippen LogP contribution in [-0.4, -0.2) is 26.9 Å². The predicted octanol–water partition coefficient (Wildman–Crippen LogP) is 8.45. The molecule has 0 unspecified atom stereocenters. The molecule has 0 saturated carbocycles. The molecule has 0 atom stereocenters. The van der Waals surface area contributed by atoms with Gasteiger partial charge in [0.15, 0.2) is 0 Å². The van der Waals surface area contributed by atoms with Crippen molar-refractivity contribution >= 4 is 44.6 Å². The minimum Gasteiger partial charge on any atom is -0.487 e. The number of fused-ring (bicyclic) bond motifs is 1. The van der Waals surface area contributed by atoms with Crippen LogP contribution in [0.15, 0.2) is 76.2 Å². The van der Waals surface area contributed by atoms with Gasteiger partial charge in [0.1, 0.15) is 12.4 Å². The van der Waals surface area contributed by atoms with Crippen LogP contribution < -0.4 is 4.74 Å². The number of aromatic nitrogens is 2. The third-order valence-electron chi connectivity index (χ3n) is 6.30. The second kappa shape index (κ2) is 12.2. The maximum Gasteiger partial charge on any atom is 0.311 e. The summed E-state index contributed by atoms with van der Waals surface area (Å²) >= 11 is 5.38. The molecule has 0 spiro atoms. The summed E-state index contributed by atoms with van der Waals surface area (Å²) in [5, 5.41) is 1.13. The van der Waals surface area contributed by atoms with Crippen molar-refractivity contribution in [1.82, 2.24) is 9.55 Å². The molecule has 0 bridgehead atoms. The second-order valence-electron chi connectivity index (χ2n) is 11.3. The molecule has 2 aromatic carbocycles. The molecule has 4 rings (SSSR count). The van der Waals surface area contributed by atoms with Gasteiger partial charge in [-0.3, -0.25) is 9.78 Å². The van der Waals surface area contributed by atoms with E-state index in [-0.39, 0.29) is 10.7 Å².